The van der Waals surface area contributed by atoms with E-state index >= 15 is 0 Å². The molecule has 15 heavy (non-hydrogen) atoms. The predicted octanol–water partition coefficient (Wildman–Crippen LogP) is 1.29. The van der Waals surface area contributed by atoms with Crippen molar-refractivity contribution in [2.45, 2.75) is 64.2 Å². The van der Waals surface area contributed by atoms with Crippen molar-refractivity contribution in [3.8, 4) is 0 Å². The average molecular weight is 215 g/mol. The topological polar surface area (TPSA) is 52.5 Å². The fourth-order valence-electron chi connectivity index (χ4n) is 2.26. The highest BCUT2D eigenvalue weighted by Crippen LogP contribution is 2.18. The number of aliphatic hydroxyl groups is 2. The van der Waals surface area contributed by atoms with Crippen molar-refractivity contribution in [1.29, 1.82) is 0 Å². The van der Waals surface area contributed by atoms with Crippen molar-refractivity contribution >= 4 is 0 Å². The molecule has 1 fully saturated rings. The molecule has 1 aliphatic rings. The van der Waals surface area contributed by atoms with E-state index in [0.29, 0.717) is 12.5 Å². The molecule has 0 saturated heterocycles. The lowest BCUT2D eigenvalue weighted by Crippen LogP contribution is -2.45. The number of hydrogen-bond donors (Lipinski definition) is 3. The van der Waals surface area contributed by atoms with Gasteiger partial charge in [-0.25, -0.2) is 0 Å². The Morgan fingerprint density at radius 2 is 1.93 bits per heavy atom. The second kappa shape index (κ2) is 6.46. The molecule has 0 aromatic carbocycles. The maximum Gasteiger partial charge on any atom is 0.0693 e. The van der Waals surface area contributed by atoms with Crippen LogP contribution in [0.15, 0.2) is 0 Å². The van der Waals surface area contributed by atoms with Gasteiger partial charge in [0.15, 0.2) is 0 Å². The van der Waals surface area contributed by atoms with Gasteiger partial charge < -0.3 is 15.5 Å². The zero-order valence-electron chi connectivity index (χ0n) is 9.95. The van der Waals surface area contributed by atoms with Crippen LogP contribution in [-0.4, -0.2) is 35.0 Å². The Morgan fingerprint density at radius 3 is 2.53 bits per heavy atom. The Kier molecular flexibility index (Phi) is 5.58. The fraction of sp³-hybridized carbons (Fsp3) is 1.00. The summed E-state index contributed by atoms with van der Waals surface area (Å²) in [4.78, 5) is 0. The van der Waals surface area contributed by atoms with E-state index < -0.39 is 0 Å². The van der Waals surface area contributed by atoms with Crippen LogP contribution in [0.1, 0.15) is 46.0 Å². The third-order valence-electron chi connectivity index (χ3n) is 3.09. The summed E-state index contributed by atoms with van der Waals surface area (Å²) in [7, 11) is 0. The van der Waals surface area contributed by atoms with Gasteiger partial charge >= 0.3 is 0 Å². The van der Waals surface area contributed by atoms with Gasteiger partial charge in [-0.15, -0.1) is 0 Å². The molecule has 0 spiro atoms. The molecule has 1 rings (SSSR count). The maximum absolute atomic E-state index is 9.72. The van der Waals surface area contributed by atoms with Crippen LogP contribution in [0.4, 0.5) is 0 Å². The smallest absolute Gasteiger partial charge is 0.0693 e. The molecule has 0 aliphatic heterocycles. The summed E-state index contributed by atoms with van der Waals surface area (Å²) >= 11 is 0. The summed E-state index contributed by atoms with van der Waals surface area (Å²) in [6.45, 7) is 4.83. The van der Waals surface area contributed by atoms with Crippen molar-refractivity contribution in [2.75, 3.05) is 6.54 Å². The Bertz CT molecular complexity index is 173. The minimum absolute atomic E-state index is 0.195. The molecule has 0 aromatic heterocycles. The monoisotopic (exact) mass is 215 g/mol. The third kappa shape index (κ3) is 4.96. The van der Waals surface area contributed by atoms with Gasteiger partial charge in [-0.05, 0) is 25.2 Å². The van der Waals surface area contributed by atoms with Crippen LogP contribution in [-0.2, 0) is 0 Å². The van der Waals surface area contributed by atoms with E-state index in [-0.39, 0.29) is 18.2 Å². The Hall–Kier alpha value is -0.120. The lowest BCUT2D eigenvalue weighted by Gasteiger charge is -2.29. The average Bonchev–Trinajstić information content (AvgIpc) is 2.15. The van der Waals surface area contributed by atoms with Crippen LogP contribution in [0.3, 0.4) is 0 Å². The molecule has 0 aromatic rings. The number of rotatable bonds is 5. The molecule has 0 radical (unpaired) electrons. The van der Waals surface area contributed by atoms with Crippen molar-refractivity contribution in [3.63, 3.8) is 0 Å². The molecular formula is C12H25NO2. The summed E-state index contributed by atoms with van der Waals surface area (Å²) in [6, 6.07) is 0.195. The second-order valence-electron chi connectivity index (χ2n) is 5.15. The Balaban J connectivity index is 2.17. The van der Waals surface area contributed by atoms with Gasteiger partial charge in [-0.2, -0.15) is 0 Å². The quantitative estimate of drug-likeness (QED) is 0.647. The van der Waals surface area contributed by atoms with E-state index in [1.165, 1.54) is 6.42 Å². The molecule has 0 amide bonds. The Labute approximate surface area is 92.9 Å². The summed E-state index contributed by atoms with van der Waals surface area (Å²) in [6.07, 6.45) is 4.59. The van der Waals surface area contributed by atoms with Gasteiger partial charge in [0, 0.05) is 12.6 Å². The maximum atomic E-state index is 9.72. The molecular weight excluding hydrogens is 190 g/mol. The van der Waals surface area contributed by atoms with Crippen LogP contribution in [0, 0.1) is 5.92 Å². The molecule has 3 atom stereocenters. The van der Waals surface area contributed by atoms with Crippen LogP contribution in [0.25, 0.3) is 0 Å². The van der Waals surface area contributed by atoms with Crippen molar-refractivity contribution in [2.24, 2.45) is 5.92 Å². The minimum Gasteiger partial charge on any atom is -0.392 e. The van der Waals surface area contributed by atoms with Gasteiger partial charge in [0.25, 0.3) is 0 Å². The van der Waals surface area contributed by atoms with Crippen LogP contribution < -0.4 is 5.32 Å². The number of aliphatic hydroxyl groups excluding tert-OH is 2. The standard InChI is InChI=1S/C12H25NO2/c1-9(2)7-10(14)8-13-11-5-3-4-6-12(11)15/h9-15H,3-8H2,1-2H3. The number of nitrogens with one attached hydrogen (secondary N) is 1. The molecule has 0 bridgehead atoms. The van der Waals surface area contributed by atoms with Gasteiger partial charge in [-0.3, -0.25) is 0 Å². The highest BCUT2D eigenvalue weighted by molar-refractivity contribution is 4.81. The first-order valence-electron chi connectivity index (χ1n) is 6.19. The zero-order valence-corrected chi connectivity index (χ0v) is 9.95. The van der Waals surface area contributed by atoms with E-state index in [4.69, 9.17) is 0 Å². The van der Waals surface area contributed by atoms with Gasteiger partial charge in [0.2, 0.25) is 0 Å². The van der Waals surface area contributed by atoms with Crippen molar-refractivity contribution < 1.29 is 10.2 Å². The normalized spacial score (nSPS) is 29.4. The molecule has 1 aliphatic carbocycles. The van der Waals surface area contributed by atoms with Crippen LogP contribution >= 0.6 is 0 Å². The van der Waals surface area contributed by atoms with E-state index in [1.54, 1.807) is 0 Å². The summed E-state index contributed by atoms with van der Waals surface area (Å²) in [5.41, 5.74) is 0. The van der Waals surface area contributed by atoms with Gasteiger partial charge in [0.1, 0.15) is 0 Å². The minimum atomic E-state index is -0.279. The van der Waals surface area contributed by atoms with E-state index in [2.05, 4.69) is 19.2 Å². The largest absolute Gasteiger partial charge is 0.392 e. The number of hydrogen-bond acceptors (Lipinski definition) is 3. The van der Waals surface area contributed by atoms with Crippen LogP contribution in [0.2, 0.25) is 0 Å². The predicted molar refractivity (Wildman–Crippen MR) is 61.7 cm³/mol. The summed E-state index contributed by atoms with van der Waals surface area (Å²) in [5.74, 6) is 0.526. The van der Waals surface area contributed by atoms with E-state index in [1.807, 2.05) is 0 Å². The van der Waals surface area contributed by atoms with Crippen LogP contribution in [0.5, 0.6) is 0 Å². The molecule has 3 nitrogen and oxygen atoms in total. The SMILES string of the molecule is CC(C)CC(O)CNC1CCCCC1O. The summed E-state index contributed by atoms with van der Waals surface area (Å²) in [5, 5.41) is 22.7. The van der Waals surface area contributed by atoms with Gasteiger partial charge in [0.05, 0.1) is 12.2 Å². The molecule has 3 N–H and O–H groups in total. The van der Waals surface area contributed by atoms with Crippen molar-refractivity contribution in [3.05, 3.63) is 0 Å². The molecule has 0 heterocycles. The Morgan fingerprint density at radius 1 is 1.27 bits per heavy atom. The fourth-order valence-corrected chi connectivity index (χ4v) is 2.26. The van der Waals surface area contributed by atoms with E-state index in [0.717, 1.165) is 25.7 Å². The molecule has 90 valence electrons. The first-order chi connectivity index (χ1) is 7.09. The third-order valence-corrected chi connectivity index (χ3v) is 3.09. The lowest BCUT2D eigenvalue weighted by atomic mass is 9.92. The highest BCUT2D eigenvalue weighted by Gasteiger charge is 2.22. The second-order valence-corrected chi connectivity index (χ2v) is 5.15. The van der Waals surface area contributed by atoms with Gasteiger partial charge in [-0.1, -0.05) is 26.7 Å². The lowest BCUT2D eigenvalue weighted by molar-refractivity contribution is 0.0763. The molecule has 3 heteroatoms. The first-order valence-corrected chi connectivity index (χ1v) is 6.19. The van der Waals surface area contributed by atoms with E-state index in [9.17, 15) is 10.2 Å². The zero-order chi connectivity index (χ0) is 11.3. The van der Waals surface area contributed by atoms with Crippen molar-refractivity contribution in [1.82, 2.24) is 5.32 Å². The molecule has 1 saturated carbocycles. The molecule has 3 unspecified atom stereocenters. The first kappa shape index (κ1) is 12.9. The highest BCUT2D eigenvalue weighted by atomic mass is 16.3. The summed E-state index contributed by atoms with van der Waals surface area (Å²) < 4.78 is 0.